The third-order valence-corrected chi connectivity index (χ3v) is 3.81. The van der Waals surface area contributed by atoms with Crippen LogP contribution in [0.1, 0.15) is 5.56 Å². The normalized spacial score (nSPS) is 16.3. The number of nitrogens with one attached hydrogen (secondary N) is 1. The Morgan fingerprint density at radius 3 is 2.45 bits per heavy atom. The maximum absolute atomic E-state index is 12.4. The highest BCUT2D eigenvalue weighted by Gasteiger charge is 2.34. The van der Waals surface area contributed by atoms with Gasteiger partial charge in [0, 0.05) is 12.4 Å². The summed E-state index contributed by atoms with van der Waals surface area (Å²) in [5.41, 5.74) is 3.68. The van der Waals surface area contributed by atoms with Gasteiger partial charge in [0.1, 0.15) is 5.57 Å². The summed E-state index contributed by atoms with van der Waals surface area (Å²) in [7, 11) is 0. The number of aromatic nitrogens is 1. The first-order valence-electron chi connectivity index (χ1n) is 6.28. The zero-order valence-electron chi connectivity index (χ0n) is 11.1. The Hall–Kier alpha value is -2.37. The van der Waals surface area contributed by atoms with Gasteiger partial charge in [-0.3, -0.25) is 20.0 Å². The number of nitrogens with zero attached hydrogens (tertiary/aromatic N) is 2. The molecule has 7 heteroatoms. The Morgan fingerprint density at radius 1 is 1.05 bits per heavy atom. The molecule has 0 saturated carbocycles. The monoisotopic (exact) mass is 333 g/mol. The Kier molecular flexibility index (Phi) is 3.83. The van der Waals surface area contributed by atoms with Gasteiger partial charge >= 0.3 is 0 Å². The standard InChI is InChI=1S/C15H9Cl2N3O2/c16-12-2-1-10(8-13(12)17)20-15(22)11(14(21)19-20)7-9-3-5-18-6-4-9/h1-8H,(H,19,21)/b11-7+. The zero-order valence-corrected chi connectivity index (χ0v) is 12.6. The van der Waals surface area contributed by atoms with Crippen LogP contribution in [-0.4, -0.2) is 16.8 Å². The molecule has 1 aliphatic heterocycles. The van der Waals surface area contributed by atoms with Crippen LogP contribution in [0.25, 0.3) is 6.08 Å². The van der Waals surface area contributed by atoms with Crippen molar-refractivity contribution in [3.8, 4) is 0 Å². The molecule has 110 valence electrons. The van der Waals surface area contributed by atoms with E-state index < -0.39 is 11.8 Å². The largest absolute Gasteiger partial charge is 0.282 e. The lowest BCUT2D eigenvalue weighted by Crippen LogP contribution is -2.35. The predicted octanol–water partition coefficient (Wildman–Crippen LogP) is 2.85. The van der Waals surface area contributed by atoms with E-state index in [0.29, 0.717) is 21.3 Å². The highest BCUT2D eigenvalue weighted by molar-refractivity contribution is 6.42. The van der Waals surface area contributed by atoms with Gasteiger partial charge in [-0.15, -0.1) is 0 Å². The summed E-state index contributed by atoms with van der Waals surface area (Å²) in [6, 6.07) is 8.08. The van der Waals surface area contributed by atoms with Gasteiger partial charge in [-0.2, -0.15) is 0 Å². The minimum atomic E-state index is -0.479. The van der Waals surface area contributed by atoms with Gasteiger partial charge in [-0.05, 0) is 42.0 Å². The number of benzene rings is 1. The quantitative estimate of drug-likeness (QED) is 0.679. The average Bonchev–Trinajstić information content (AvgIpc) is 2.79. The van der Waals surface area contributed by atoms with Crippen LogP contribution in [0.3, 0.4) is 0 Å². The van der Waals surface area contributed by atoms with Crippen molar-refractivity contribution < 1.29 is 9.59 Å². The molecule has 0 atom stereocenters. The summed E-state index contributed by atoms with van der Waals surface area (Å²) in [5, 5.41) is 1.81. The lowest BCUT2D eigenvalue weighted by atomic mass is 10.1. The molecule has 1 N–H and O–H groups in total. The molecule has 1 aliphatic rings. The maximum Gasteiger partial charge on any atom is 0.282 e. The lowest BCUT2D eigenvalue weighted by molar-refractivity contribution is -0.117. The molecule has 0 radical (unpaired) electrons. The van der Waals surface area contributed by atoms with Crippen molar-refractivity contribution in [1.29, 1.82) is 0 Å². The number of carbonyl (C=O) groups excluding carboxylic acids is 2. The third-order valence-electron chi connectivity index (χ3n) is 3.07. The van der Waals surface area contributed by atoms with Crippen LogP contribution in [0.4, 0.5) is 5.69 Å². The Labute approximate surface area is 136 Å². The second-order valence-corrected chi connectivity index (χ2v) is 5.33. The molecule has 1 saturated heterocycles. The first-order chi connectivity index (χ1) is 10.6. The topological polar surface area (TPSA) is 62.3 Å². The smallest absolute Gasteiger partial charge is 0.267 e. The van der Waals surface area contributed by atoms with E-state index in [4.69, 9.17) is 23.2 Å². The highest BCUT2D eigenvalue weighted by Crippen LogP contribution is 2.29. The van der Waals surface area contributed by atoms with Gasteiger partial charge in [0.25, 0.3) is 11.8 Å². The van der Waals surface area contributed by atoms with Crippen molar-refractivity contribution in [2.75, 3.05) is 5.01 Å². The minimum absolute atomic E-state index is 0.0391. The zero-order chi connectivity index (χ0) is 15.7. The molecule has 3 rings (SSSR count). The average molecular weight is 334 g/mol. The molecule has 1 fully saturated rings. The summed E-state index contributed by atoms with van der Waals surface area (Å²) >= 11 is 11.8. The summed E-state index contributed by atoms with van der Waals surface area (Å²) in [6.45, 7) is 0. The summed E-state index contributed by atoms with van der Waals surface area (Å²) < 4.78 is 0. The van der Waals surface area contributed by atoms with E-state index in [1.807, 2.05) is 0 Å². The van der Waals surface area contributed by atoms with Crippen molar-refractivity contribution in [2.45, 2.75) is 0 Å². The van der Waals surface area contributed by atoms with Gasteiger partial charge in [0.05, 0.1) is 15.7 Å². The van der Waals surface area contributed by atoms with E-state index in [2.05, 4.69) is 10.4 Å². The van der Waals surface area contributed by atoms with E-state index in [1.54, 1.807) is 36.7 Å². The molecule has 22 heavy (non-hydrogen) atoms. The van der Waals surface area contributed by atoms with Gasteiger partial charge in [0.15, 0.2) is 0 Å². The fourth-order valence-corrected chi connectivity index (χ4v) is 2.28. The van der Waals surface area contributed by atoms with Crippen LogP contribution < -0.4 is 10.4 Å². The summed E-state index contributed by atoms with van der Waals surface area (Å²) in [4.78, 5) is 28.3. The fraction of sp³-hybridized carbons (Fsp3) is 0. The molecule has 0 spiro atoms. The molecule has 0 aliphatic carbocycles. The van der Waals surface area contributed by atoms with Gasteiger partial charge in [0.2, 0.25) is 0 Å². The molecule has 5 nitrogen and oxygen atoms in total. The fourth-order valence-electron chi connectivity index (χ4n) is 1.99. The van der Waals surface area contributed by atoms with Crippen molar-refractivity contribution >= 4 is 46.8 Å². The number of pyridine rings is 1. The number of anilines is 1. The second-order valence-electron chi connectivity index (χ2n) is 4.52. The SMILES string of the molecule is O=C1NN(c2ccc(Cl)c(Cl)c2)C(=O)/C1=C/c1ccncc1. The molecule has 2 heterocycles. The van der Waals surface area contributed by atoms with E-state index in [0.717, 1.165) is 5.01 Å². The molecular weight excluding hydrogens is 325 g/mol. The van der Waals surface area contributed by atoms with E-state index in [9.17, 15) is 9.59 Å². The van der Waals surface area contributed by atoms with E-state index in [1.165, 1.54) is 12.1 Å². The number of hydrogen-bond acceptors (Lipinski definition) is 3. The Bertz CT molecular complexity index is 791. The van der Waals surface area contributed by atoms with Crippen LogP contribution in [0, 0.1) is 0 Å². The maximum atomic E-state index is 12.4. The number of hydrazine groups is 1. The molecule has 1 aromatic heterocycles. The van der Waals surface area contributed by atoms with Crippen LogP contribution in [-0.2, 0) is 9.59 Å². The molecule has 2 amide bonds. The van der Waals surface area contributed by atoms with Gasteiger partial charge in [-0.25, -0.2) is 5.01 Å². The number of rotatable bonds is 2. The third kappa shape index (κ3) is 2.68. The molecule has 1 aromatic carbocycles. The molecule has 0 bridgehead atoms. The van der Waals surface area contributed by atoms with Crippen LogP contribution in [0.2, 0.25) is 10.0 Å². The summed E-state index contributed by atoms with van der Waals surface area (Å²) in [5.74, 6) is -0.937. The lowest BCUT2D eigenvalue weighted by Gasteiger charge is -2.15. The first-order valence-corrected chi connectivity index (χ1v) is 7.04. The number of halogens is 2. The Balaban J connectivity index is 1.94. The number of hydrogen-bond donors (Lipinski definition) is 1. The predicted molar refractivity (Wildman–Crippen MR) is 84.3 cm³/mol. The van der Waals surface area contributed by atoms with Crippen molar-refractivity contribution in [1.82, 2.24) is 10.4 Å². The Morgan fingerprint density at radius 2 is 1.77 bits per heavy atom. The molecule has 0 unspecified atom stereocenters. The van der Waals surface area contributed by atoms with Crippen molar-refractivity contribution in [3.63, 3.8) is 0 Å². The van der Waals surface area contributed by atoms with E-state index >= 15 is 0 Å². The van der Waals surface area contributed by atoms with Crippen LogP contribution >= 0.6 is 23.2 Å². The molecule has 2 aromatic rings. The van der Waals surface area contributed by atoms with E-state index in [-0.39, 0.29) is 5.57 Å². The van der Waals surface area contributed by atoms with Gasteiger partial charge < -0.3 is 0 Å². The van der Waals surface area contributed by atoms with Crippen molar-refractivity contribution in [3.05, 3.63) is 63.9 Å². The van der Waals surface area contributed by atoms with Crippen LogP contribution in [0.5, 0.6) is 0 Å². The highest BCUT2D eigenvalue weighted by atomic mass is 35.5. The number of amides is 2. The van der Waals surface area contributed by atoms with Crippen molar-refractivity contribution in [2.24, 2.45) is 0 Å². The number of carbonyl (C=O) groups is 2. The second kappa shape index (κ2) is 5.79. The first kappa shape index (κ1) is 14.6. The molecular formula is C15H9Cl2N3O2. The van der Waals surface area contributed by atoms with Gasteiger partial charge in [-0.1, -0.05) is 23.2 Å². The minimum Gasteiger partial charge on any atom is -0.267 e. The van der Waals surface area contributed by atoms with Crippen LogP contribution in [0.15, 0.2) is 48.3 Å². The summed E-state index contributed by atoms with van der Waals surface area (Å²) in [6.07, 6.45) is 4.68.